The molecule has 0 saturated carbocycles. The lowest BCUT2D eigenvalue weighted by Crippen LogP contribution is -2.41. The second-order valence-electron chi connectivity index (χ2n) is 8.06. The minimum absolute atomic E-state index is 0.0678. The van der Waals surface area contributed by atoms with Crippen molar-refractivity contribution >= 4 is 29.6 Å². The zero-order valence-corrected chi connectivity index (χ0v) is 18.5. The number of hydrogen-bond donors (Lipinski definition) is 2. The van der Waals surface area contributed by atoms with Crippen molar-refractivity contribution in [2.24, 2.45) is 0 Å². The minimum atomic E-state index is -0.534. The van der Waals surface area contributed by atoms with E-state index in [0.717, 1.165) is 22.0 Å². The Kier molecular flexibility index (Phi) is 6.90. The Morgan fingerprint density at radius 1 is 1.03 bits per heavy atom. The maximum atomic E-state index is 12.8. The summed E-state index contributed by atoms with van der Waals surface area (Å²) in [5, 5.41) is 19.2. The summed E-state index contributed by atoms with van der Waals surface area (Å²) >= 11 is 3.40. The van der Waals surface area contributed by atoms with Crippen LogP contribution in [0.1, 0.15) is 27.2 Å². The first-order valence-corrected chi connectivity index (χ1v) is 11.4. The Balaban J connectivity index is 1.68. The van der Waals surface area contributed by atoms with E-state index in [1.165, 1.54) is 0 Å². The Bertz CT molecular complexity index is 818. The highest BCUT2D eigenvalue weighted by Crippen LogP contribution is 2.36. The van der Waals surface area contributed by atoms with Crippen molar-refractivity contribution in [3.63, 3.8) is 0 Å². The molecule has 1 aliphatic heterocycles. The molecule has 1 saturated heterocycles. The molecule has 1 amide bonds. The van der Waals surface area contributed by atoms with Crippen LogP contribution in [0, 0.1) is 0 Å². The summed E-state index contributed by atoms with van der Waals surface area (Å²) in [4.78, 5) is 16.8. The molecule has 1 heterocycles. The maximum absolute atomic E-state index is 12.8. The van der Waals surface area contributed by atoms with Crippen LogP contribution in [0.15, 0.2) is 58.3 Å². The van der Waals surface area contributed by atoms with E-state index in [1.54, 1.807) is 47.8 Å². The Hall–Kier alpha value is -1.99. The SMILES string of the molecule is CC(C)(C)OC(=O)N1C[C@H](Sc2ccc(O)cc2)C[C@@H]1CSc1ccc(O)cc1. The van der Waals surface area contributed by atoms with Gasteiger partial charge in [-0.1, -0.05) is 0 Å². The summed E-state index contributed by atoms with van der Waals surface area (Å²) in [7, 11) is 0. The van der Waals surface area contributed by atoms with Gasteiger partial charge in [0.05, 0.1) is 0 Å². The molecule has 2 aromatic carbocycles. The van der Waals surface area contributed by atoms with E-state index in [-0.39, 0.29) is 28.9 Å². The molecule has 2 atom stereocenters. The topological polar surface area (TPSA) is 70.0 Å². The van der Waals surface area contributed by atoms with E-state index in [4.69, 9.17) is 4.74 Å². The number of ether oxygens (including phenoxy) is 1. The molecule has 7 heteroatoms. The van der Waals surface area contributed by atoms with Gasteiger partial charge in [-0.15, -0.1) is 23.5 Å². The molecule has 0 bridgehead atoms. The van der Waals surface area contributed by atoms with E-state index in [1.807, 2.05) is 49.9 Å². The third-order valence-corrected chi connectivity index (χ3v) is 6.80. The van der Waals surface area contributed by atoms with Gasteiger partial charge in [0.15, 0.2) is 0 Å². The standard InChI is InChI=1S/C22H27NO4S2/c1-22(2,3)27-21(26)23-13-20(29-19-10-6-17(25)7-11-19)12-15(23)14-28-18-8-4-16(24)5-9-18/h4-11,15,20,24-25H,12-14H2,1-3H3/t15-,20-/m1/s1. The molecule has 5 nitrogen and oxygen atoms in total. The average molecular weight is 434 g/mol. The van der Waals surface area contributed by atoms with Gasteiger partial charge in [-0.25, -0.2) is 4.79 Å². The first kappa shape index (κ1) is 21.7. The van der Waals surface area contributed by atoms with Crippen molar-refractivity contribution in [1.82, 2.24) is 4.90 Å². The van der Waals surface area contributed by atoms with Gasteiger partial charge in [0.25, 0.3) is 0 Å². The van der Waals surface area contributed by atoms with E-state index in [0.29, 0.717) is 6.54 Å². The van der Waals surface area contributed by atoms with Gasteiger partial charge >= 0.3 is 6.09 Å². The molecule has 156 valence electrons. The quantitative estimate of drug-likeness (QED) is 0.619. The van der Waals surface area contributed by atoms with Crippen molar-refractivity contribution in [2.75, 3.05) is 12.3 Å². The summed E-state index contributed by atoms with van der Waals surface area (Å²) in [6.45, 7) is 6.26. The number of phenolic OH excluding ortho intramolecular Hbond substituents is 2. The van der Waals surface area contributed by atoms with E-state index >= 15 is 0 Å². The molecule has 1 fully saturated rings. The van der Waals surface area contributed by atoms with Gasteiger partial charge in [-0.05, 0) is 75.7 Å². The molecule has 2 N–H and O–H groups in total. The van der Waals surface area contributed by atoms with Gasteiger partial charge in [-0.3, -0.25) is 0 Å². The van der Waals surface area contributed by atoms with Crippen LogP contribution in [-0.2, 0) is 4.74 Å². The summed E-state index contributed by atoms with van der Waals surface area (Å²) in [6, 6.07) is 14.3. The van der Waals surface area contributed by atoms with Crippen LogP contribution in [0.3, 0.4) is 0 Å². The summed E-state index contributed by atoms with van der Waals surface area (Å²) in [6.07, 6.45) is 0.596. The lowest BCUT2D eigenvalue weighted by Gasteiger charge is -2.28. The molecule has 0 radical (unpaired) electrons. The third kappa shape index (κ3) is 6.51. The first-order chi connectivity index (χ1) is 13.7. The van der Waals surface area contributed by atoms with Crippen molar-refractivity contribution in [3.05, 3.63) is 48.5 Å². The lowest BCUT2D eigenvalue weighted by atomic mass is 10.2. The number of amides is 1. The predicted octanol–water partition coefficient (Wildman–Crippen LogP) is 5.36. The highest BCUT2D eigenvalue weighted by Gasteiger charge is 2.37. The molecule has 0 aliphatic carbocycles. The number of carbonyl (C=O) groups excluding carboxylic acids is 1. The van der Waals surface area contributed by atoms with Crippen LogP contribution in [0.5, 0.6) is 11.5 Å². The van der Waals surface area contributed by atoms with Crippen LogP contribution in [-0.4, -0.2) is 50.4 Å². The number of thioether (sulfide) groups is 2. The summed E-state index contributed by atoms with van der Waals surface area (Å²) in [5.41, 5.74) is -0.534. The van der Waals surface area contributed by atoms with Gasteiger partial charge in [0.2, 0.25) is 0 Å². The van der Waals surface area contributed by atoms with Crippen LogP contribution < -0.4 is 0 Å². The molecule has 3 rings (SSSR count). The highest BCUT2D eigenvalue weighted by molar-refractivity contribution is 8.00. The van der Waals surface area contributed by atoms with Gasteiger partial charge < -0.3 is 19.8 Å². The molecule has 2 aromatic rings. The molecule has 0 unspecified atom stereocenters. The van der Waals surface area contributed by atoms with Crippen LogP contribution in [0.2, 0.25) is 0 Å². The van der Waals surface area contributed by atoms with E-state index in [2.05, 4.69) is 0 Å². The second-order valence-corrected chi connectivity index (χ2v) is 10.5. The molecular weight excluding hydrogens is 406 g/mol. The number of phenols is 2. The molecule has 0 aromatic heterocycles. The summed E-state index contributed by atoms with van der Waals surface area (Å²) in [5.74, 6) is 1.26. The monoisotopic (exact) mass is 433 g/mol. The smallest absolute Gasteiger partial charge is 0.410 e. The van der Waals surface area contributed by atoms with Crippen molar-refractivity contribution in [1.29, 1.82) is 0 Å². The number of rotatable bonds is 5. The van der Waals surface area contributed by atoms with Crippen LogP contribution in [0.4, 0.5) is 4.79 Å². The van der Waals surface area contributed by atoms with E-state index < -0.39 is 5.60 Å². The number of carbonyl (C=O) groups is 1. The fraction of sp³-hybridized carbons (Fsp3) is 0.409. The Labute approximate surface area is 180 Å². The zero-order valence-electron chi connectivity index (χ0n) is 16.9. The highest BCUT2D eigenvalue weighted by atomic mass is 32.2. The van der Waals surface area contributed by atoms with Gasteiger partial charge in [0, 0.05) is 33.4 Å². The number of benzene rings is 2. The molecular formula is C22H27NO4S2. The third-order valence-electron chi connectivity index (χ3n) is 4.42. The molecule has 1 aliphatic rings. The van der Waals surface area contributed by atoms with Gasteiger partial charge in [-0.2, -0.15) is 0 Å². The normalized spacial score (nSPS) is 19.3. The largest absolute Gasteiger partial charge is 0.508 e. The Morgan fingerprint density at radius 2 is 1.59 bits per heavy atom. The number of nitrogens with zero attached hydrogens (tertiary/aromatic N) is 1. The van der Waals surface area contributed by atoms with Crippen molar-refractivity contribution < 1.29 is 19.7 Å². The van der Waals surface area contributed by atoms with Crippen molar-refractivity contribution in [2.45, 2.75) is 53.9 Å². The maximum Gasteiger partial charge on any atom is 0.410 e. The van der Waals surface area contributed by atoms with Crippen LogP contribution >= 0.6 is 23.5 Å². The summed E-state index contributed by atoms with van der Waals surface area (Å²) < 4.78 is 5.64. The van der Waals surface area contributed by atoms with Crippen molar-refractivity contribution in [3.8, 4) is 11.5 Å². The first-order valence-electron chi connectivity index (χ1n) is 9.57. The predicted molar refractivity (Wildman–Crippen MR) is 118 cm³/mol. The minimum Gasteiger partial charge on any atom is -0.508 e. The number of likely N-dealkylation sites (tertiary alicyclic amines) is 1. The number of aromatic hydroxyl groups is 2. The van der Waals surface area contributed by atoms with Crippen LogP contribution in [0.25, 0.3) is 0 Å². The van der Waals surface area contributed by atoms with E-state index in [9.17, 15) is 15.0 Å². The fourth-order valence-electron chi connectivity index (χ4n) is 3.11. The zero-order chi connectivity index (χ0) is 21.0. The second kappa shape index (κ2) is 9.22. The van der Waals surface area contributed by atoms with Gasteiger partial charge in [0.1, 0.15) is 17.1 Å². The average Bonchev–Trinajstić information content (AvgIpc) is 3.05. The number of hydrogen-bond acceptors (Lipinski definition) is 6. The Morgan fingerprint density at radius 3 is 2.14 bits per heavy atom. The fourth-order valence-corrected chi connectivity index (χ4v) is 5.37. The molecule has 29 heavy (non-hydrogen) atoms. The molecule has 0 spiro atoms. The lowest BCUT2D eigenvalue weighted by molar-refractivity contribution is 0.0242.